The van der Waals surface area contributed by atoms with E-state index in [0.29, 0.717) is 18.1 Å². The number of amides is 2. The van der Waals surface area contributed by atoms with Crippen LogP contribution in [0.15, 0.2) is 30.3 Å². The van der Waals surface area contributed by atoms with E-state index in [1.54, 1.807) is 0 Å². The summed E-state index contributed by atoms with van der Waals surface area (Å²) in [7, 11) is 1.91. The van der Waals surface area contributed by atoms with Crippen molar-refractivity contribution in [3.63, 3.8) is 0 Å². The van der Waals surface area contributed by atoms with Crippen molar-refractivity contribution in [2.24, 2.45) is 0 Å². The number of carbonyl (C=O) groups is 1. The van der Waals surface area contributed by atoms with Crippen molar-refractivity contribution < 1.29 is 4.79 Å². The Morgan fingerprint density at radius 2 is 1.84 bits per heavy atom. The molecule has 0 aromatic heterocycles. The summed E-state index contributed by atoms with van der Waals surface area (Å²) < 4.78 is 0. The fourth-order valence-corrected chi connectivity index (χ4v) is 3.24. The molecular weight excluding hydrogens is 238 g/mol. The summed E-state index contributed by atoms with van der Waals surface area (Å²) in [6, 6.07) is 11.2. The quantitative estimate of drug-likeness (QED) is 0.856. The van der Waals surface area contributed by atoms with Crippen molar-refractivity contribution in [3.8, 4) is 0 Å². The monoisotopic (exact) mass is 259 g/mol. The van der Waals surface area contributed by atoms with Gasteiger partial charge in [0.1, 0.15) is 0 Å². The molecule has 2 saturated heterocycles. The topological polar surface area (TPSA) is 44.4 Å². The van der Waals surface area contributed by atoms with Gasteiger partial charge in [-0.2, -0.15) is 0 Å². The highest BCUT2D eigenvalue weighted by molar-refractivity contribution is 5.89. The van der Waals surface area contributed by atoms with Gasteiger partial charge in [0.25, 0.3) is 0 Å². The Hall–Kier alpha value is -1.55. The first-order valence-corrected chi connectivity index (χ1v) is 7.07. The number of benzene rings is 1. The van der Waals surface area contributed by atoms with E-state index >= 15 is 0 Å². The van der Waals surface area contributed by atoms with Gasteiger partial charge in [-0.05, 0) is 37.8 Å². The molecule has 4 nitrogen and oxygen atoms in total. The fraction of sp³-hybridized carbons (Fsp3) is 0.533. The lowest BCUT2D eigenvalue weighted by atomic mass is 9.99. The highest BCUT2D eigenvalue weighted by Gasteiger charge is 2.36. The maximum absolute atomic E-state index is 12.2. The van der Waals surface area contributed by atoms with Crippen LogP contribution in [0.2, 0.25) is 0 Å². The third-order valence-electron chi connectivity index (χ3n) is 4.34. The zero-order valence-electron chi connectivity index (χ0n) is 11.3. The molecule has 1 aromatic rings. The molecular formula is C15H21N3O. The molecule has 2 aliphatic rings. The van der Waals surface area contributed by atoms with Gasteiger partial charge in [-0.25, -0.2) is 4.79 Å². The van der Waals surface area contributed by atoms with Gasteiger partial charge in [0.15, 0.2) is 0 Å². The molecule has 2 aliphatic heterocycles. The van der Waals surface area contributed by atoms with E-state index in [9.17, 15) is 4.79 Å². The molecule has 2 bridgehead atoms. The van der Waals surface area contributed by atoms with Crippen LogP contribution in [0.1, 0.15) is 25.7 Å². The first-order valence-electron chi connectivity index (χ1n) is 7.07. The summed E-state index contributed by atoms with van der Waals surface area (Å²) in [4.78, 5) is 14.1. The van der Waals surface area contributed by atoms with E-state index < -0.39 is 0 Å². The average Bonchev–Trinajstić information content (AvgIpc) is 2.77. The van der Waals surface area contributed by atoms with Crippen molar-refractivity contribution in [2.45, 2.75) is 43.8 Å². The minimum absolute atomic E-state index is 0.00231. The lowest BCUT2D eigenvalue weighted by Gasteiger charge is -2.35. The molecule has 2 amide bonds. The summed E-state index contributed by atoms with van der Waals surface area (Å²) in [5.41, 5.74) is 0.858. The van der Waals surface area contributed by atoms with Gasteiger partial charge in [0, 0.05) is 30.9 Å². The summed E-state index contributed by atoms with van der Waals surface area (Å²) in [6.45, 7) is 0. The Labute approximate surface area is 114 Å². The highest BCUT2D eigenvalue weighted by atomic mass is 16.2. The van der Waals surface area contributed by atoms with Gasteiger partial charge in [0.2, 0.25) is 0 Å². The molecule has 2 unspecified atom stereocenters. The number of piperidine rings is 1. The van der Waals surface area contributed by atoms with Crippen molar-refractivity contribution in [2.75, 3.05) is 12.4 Å². The van der Waals surface area contributed by atoms with Crippen molar-refractivity contribution >= 4 is 11.7 Å². The molecule has 2 fully saturated rings. The third-order valence-corrected chi connectivity index (χ3v) is 4.34. The lowest BCUT2D eigenvalue weighted by Crippen LogP contribution is -2.49. The Kier molecular flexibility index (Phi) is 3.42. The zero-order chi connectivity index (χ0) is 13.2. The number of hydrogen-bond donors (Lipinski definition) is 2. The van der Waals surface area contributed by atoms with E-state index in [2.05, 4.69) is 10.6 Å². The number of fused-ring (bicyclic) bond motifs is 2. The van der Waals surface area contributed by atoms with Crippen LogP contribution in [0.5, 0.6) is 0 Å². The summed E-state index contributed by atoms with van der Waals surface area (Å²) >= 11 is 0. The standard InChI is InChI=1S/C15H21N3O/c1-18(14-9-12-7-8-13(10-14)16-12)15(19)17-11-5-3-2-4-6-11/h2-6,12-14,16H,7-10H2,1H3,(H,17,19). The number of para-hydroxylation sites is 1. The molecule has 0 radical (unpaired) electrons. The molecule has 0 saturated carbocycles. The number of nitrogens with one attached hydrogen (secondary N) is 2. The van der Waals surface area contributed by atoms with Crippen LogP contribution in [0.4, 0.5) is 10.5 Å². The Bertz CT molecular complexity index is 436. The van der Waals surface area contributed by atoms with Gasteiger partial charge in [-0.3, -0.25) is 0 Å². The van der Waals surface area contributed by atoms with Crippen LogP contribution in [-0.4, -0.2) is 36.1 Å². The van der Waals surface area contributed by atoms with Crippen LogP contribution in [-0.2, 0) is 0 Å². The van der Waals surface area contributed by atoms with Crippen LogP contribution < -0.4 is 10.6 Å². The molecule has 1 aromatic carbocycles. The first kappa shape index (κ1) is 12.5. The van der Waals surface area contributed by atoms with Crippen LogP contribution >= 0.6 is 0 Å². The van der Waals surface area contributed by atoms with Crippen LogP contribution in [0.3, 0.4) is 0 Å². The molecule has 2 heterocycles. The molecule has 19 heavy (non-hydrogen) atoms. The number of hydrogen-bond acceptors (Lipinski definition) is 2. The van der Waals surface area contributed by atoms with Gasteiger partial charge in [0.05, 0.1) is 0 Å². The van der Waals surface area contributed by atoms with Crippen LogP contribution in [0.25, 0.3) is 0 Å². The number of urea groups is 1. The van der Waals surface area contributed by atoms with Gasteiger partial charge >= 0.3 is 6.03 Å². The summed E-state index contributed by atoms with van der Waals surface area (Å²) in [5.74, 6) is 0. The largest absolute Gasteiger partial charge is 0.324 e. The van der Waals surface area contributed by atoms with Gasteiger partial charge < -0.3 is 15.5 Å². The average molecular weight is 259 g/mol. The fourth-order valence-electron chi connectivity index (χ4n) is 3.24. The third kappa shape index (κ3) is 2.73. The molecule has 0 spiro atoms. The van der Waals surface area contributed by atoms with E-state index in [1.165, 1.54) is 12.8 Å². The van der Waals surface area contributed by atoms with Crippen LogP contribution in [0, 0.1) is 0 Å². The number of rotatable bonds is 2. The lowest BCUT2D eigenvalue weighted by molar-refractivity contribution is 0.176. The van der Waals surface area contributed by atoms with E-state index in [-0.39, 0.29) is 6.03 Å². The Morgan fingerprint density at radius 1 is 1.21 bits per heavy atom. The molecule has 0 aliphatic carbocycles. The van der Waals surface area contributed by atoms with Crippen molar-refractivity contribution in [1.82, 2.24) is 10.2 Å². The second-order valence-corrected chi connectivity index (χ2v) is 5.67. The maximum atomic E-state index is 12.2. The Morgan fingerprint density at radius 3 is 2.47 bits per heavy atom. The molecule has 2 N–H and O–H groups in total. The molecule has 4 heteroatoms. The number of nitrogens with zero attached hydrogens (tertiary/aromatic N) is 1. The first-order chi connectivity index (χ1) is 9.22. The normalized spacial score (nSPS) is 29.0. The van der Waals surface area contributed by atoms with E-state index in [1.807, 2.05) is 42.3 Å². The second-order valence-electron chi connectivity index (χ2n) is 5.67. The minimum Gasteiger partial charge on any atom is -0.324 e. The molecule has 2 atom stereocenters. The summed E-state index contributed by atoms with van der Waals surface area (Å²) in [5, 5.41) is 6.56. The van der Waals surface area contributed by atoms with Gasteiger partial charge in [-0.1, -0.05) is 18.2 Å². The summed E-state index contributed by atoms with van der Waals surface area (Å²) in [6.07, 6.45) is 4.68. The highest BCUT2D eigenvalue weighted by Crippen LogP contribution is 2.29. The van der Waals surface area contributed by atoms with Crippen molar-refractivity contribution in [3.05, 3.63) is 30.3 Å². The number of carbonyl (C=O) groups excluding carboxylic acids is 1. The molecule has 3 rings (SSSR count). The van der Waals surface area contributed by atoms with E-state index in [4.69, 9.17) is 0 Å². The predicted octanol–water partition coefficient (Wildman–Crippen LogP) is 2.43. The minimum atomic E-state index is -0.00231. The Balaban J connectivity index is 1.60. The van der Waals surface area contributed by atoms with Gasteiger partial charge in [-0.15, -0.1) is 0 Å². The number of anilines is 1. The second kappa shape index (κ2) is 5.21. The SMILES string of the molecule is CN(C(=O)Nc1ccccc1)C1CC2CCC(C1)N2. The van der Waals surface area contributed by atoms with Crippen molar-refractivity contribution in [1.29, 1.82) is 0 Å². The van der Waals surface area contributed by atoms with E-state index in [0.717, 1.165) is 18.5 Å². The molecule has 102 valence electrons. The smallest absolute Gasteiger partial charge is 0.321 e. The zero-order valence-corrected chi connectivity index (χ0v) is 11.3. The maximum Gasteiger partial charge on any atom is 0.321 e. The predicted molar refractivity (Wildman–Crippen MR) is 76.2 cm³/mol.